The molecule has 0 spiro atoms. The third-order valence-electron chi connectivity index (χ3n) is 5.61. The van der Waals surface area contributed by atoms with Crippen molar-refractivity contribution in [2.45, 2.75) is 31.6 Å². The van der Waals surface area contributed by atoms with E-state index >= 15 is 0 Å². The van der Waals surface area contributed by atoms with Gasteiger partial charge in [0.2, 0.25) is 17.6 Å². The Morgan fingerprint density at radius 1 is 1.13 bits per heavy atom. The van der Waals surface area contributed by atoms with Crippen LogP contribution in [0.4, 0.5) is 4.39 Å². The van der Waals surface area contributed by atoms with E-state index in [1.807, 2.05) is 17.0 Å². The Morgan fingerprint density at radius 3 is 2.81 bits per heavy atom. The number of carbonyl (C=O) groups excluding carboxylic acids is 1. The first-order valence-electron chi connectivity index (χ1n) is 10.2. The average Bonchev–Trinajstić information content (AvgIpc) is 3.45. The predicted octanol–water partition coefficient (Wildman–Crippen LogP) is 3.75. The summed E-state index contributed by atoms with van der Waals surface area (Å²) in [5.41, 5.74) is 1.93. The van der Waals surface area contributed by atoms with Crippen LogP contribution in [0.2, 0.25) is 0 Å². The van der Waals surface area contributed by atoms with Crippen LogP contribution in [0, 0.1) is 5.82 Å². The van der Waals surface area contributed by atoms with Crippen molar-refractivity contribution in [3.63, 3.8) is 0 Å². The highest BCUT2D eigenvalue weighted by Gasteiger charge is 2.27. The molecule has 158 valence electrons. The van der Waals surface area contributed by atoms with Gasteiger partial charge in [-0.1, -0.05) is 16.4 Å². The summed E-state index contributed by atoms with van der Waals surface area (Å²) < 4.78 is 23.9. The van der Waals surface area contributed by atoms with Gasteiger partial charge in [0, 0.05) is 49.5 Å². The van der Waals surface area contributed by atoms with Gasteiger partial charge < -0.3 is 13.9 Å². The monoisotopic (exact) mass is 421 g/mol. The van der Waals surface area contributed by atoms with Crippen molar-refractivity contribution in [1.29, 1.82) is 0 Å². The largest absolute Gasteiger partial charge is 0.356 e. The van der Waals surface area contributed by atoms with E-state index in [9.17, 15) is 9.18 Å². The lowest BCUT2D eigenvalue weighted by atomic mass is 9.91. The summed E-state index contributed by atoms with van der Waals surface area (Å²) in [5.74, 6) is 0.744. The molecular weight excluding hydrogens is 401 g/mol. The molecule has 0 saturated carbocycles. The summed E-state index contributed by atoms with van der Waals surface area (Å²) in [6.07, 6.45) is 3.93. The van der Waals surface area contributed by atoms with Gasteiger partial charge in [0.1, 0.15) is 11.5 Å². The molecule has 1 fully saturated rings. The van der Waals surface area contributed by atoms with Gasteiger partial charge in [0.05, 0.1) is 5.69 Å². The summed E-state index contributed by atoms with van der Waals surface area (Å²) in [5, 5.41) is 8.93. The fourth-order valence-electron chi connectivity index (χ4n) is 3.96. The lowest BCUT2D eigenvalue weighted by molar-refractivity contribution is -0.132. The van der Waals surface area contributed by atoms with E-state index in [0.29, 0.717) is 48.9 Å². The number of pyridine rings is 1. The SMILES string of the molecule is O=C(CCc1nc(-c2ccccn2)no1)N1CCC(c2noc3cc(F)ccc23)CC1. The number of hydrogen-bond acceptors (Lipinski definition) is 7. The second-order valence-electron chi connectivity index (χ2n) is 7.59. The zero-order chi connectivity index (χ0) is 21.2. The van der Waals surface area contributed by atoms with Gasteiger partial charge in [0.15, 0.2) is 5.58 Å². The molecule has 0 unspecified atom stereocenters. The number of piperidine rings is 1. The number of fused-ring (bicyclic) bond motifs is 1. The number of amides is 1. The molecule has 0 N–H and O–H groups in total. The van der Waals surface area contributed by atoms with Gasteiger partial charge in [0.25, 0.3) is 0 Å². The molecule has 3 aromatic heterocycles. The van der Waals surface area contributed by atoms with Crippen molar-refractivity contribution in [1.82, 2.24) is 25.2 Å². The molecule has 1 saturated heterocycles. The Hall–Kier alpha value is -3.62. The van der Waals surface area contributed by atoms with Crippen molar-refractivity contribution in [3.8, 4) is 11.5 Å². The van der Waals surface area contributed by atoms with Crippen LogP contribution >= 0.6 is 0 Å². The van der Waals surface area contributed by atoms with Gasteiger partial charge in [-0.2, -0.15) is 4.98 Å². The minimum absolute atomic E-state index is 0.0584. The Balaban J connectivity index is 1.16. The molecule has 0 aliphatic carbocycles. The van der Waals surface area contributed by atoms with Crippen LogP contribution < -0.4 is 0 Å². The van der Waals surface area contributed by atoms with Crippen LogP contribution in [0.25, 0.3) is 22.5 Å². The first-order valence-corrected chi connectivity index (χ1v) is 10.2. The smallest absolute Gasteiger partial charge is 0.227 e. The maximum Gasteiger partial charge on any atom is 0.227 e. The van der Waals surface area contributed by atoms with E-state index in [2.05, 4.69) is 20.3 Å². The van der Waals surface area contributed by atoms with Crippen molar-refractivity contribution < 1.29 is 18.2 Å². The van der Waals surface area contributed by atoms with Gasteiger partial charge in [-0.3, -0.25) is 9.78 Å². The highest BCUT2D eigenvalue weighted by atomic mass is 19.1. The lowest BCUT2D eigenvalue weighted by Gasteiger charge is -2.31. The first-order chi connectivity index (χ1) is 15.2. The van der Waals surface area contributed by atoms with E-state index < -0.39 is 0 Å². The highest BCUT2D eigenvalue weighted by molar-refractivity contribution is 5.80. The molecule has 1 aromatic carbocycles. The molecular formula is C22H20FN5O3. The maximum absolute atomic E-state index is 13.4. The molecule has 9 heteroatoms. The van der Waals surface area contributed by atoms with E-state index in [4.69, 9.17) is 9.05 Å². The molecule has 4 aromatic rings. The summed E-state index contributed by atoms with van der Waals surface area (Å²) in [7, 11) is 0. The molecule has 1 aliphatic rings. The van der Waals surface area contributed by atoms with Crippen molar-refractivity contribution in [3.05, 3.63) is 60.0 Å². The Morgan fingerprint density at radius 2 is 2.00 bits per heavy atom. The number of aromatic nitrogens is 4. The van der Waals surface area contributed by atoms with Gasteiger partial charge in [-0.25, -0.2) is 4.39 Å². The Bertz CT molecular complexity index is 1200. The summed E-state index contributed by atoms with van der Waals surface area (Å²) in [4.78, 5) is 23.0. The zero-order valence-electron chi connectivity index (χ0n) is 16.7. The van der Waals surface area contributed by atoms with E-state index in [0.717, 1.165) is 23.9 Å². The zero-order valence-corrected chi connectivity index (χ0v) is 16.7. The normalized spacial score (nSPS) is 14.9. The number of aryl methyl sites for hydroxylation is 1. The van der Waals surface area contributed by atoms with Crippen LogP contribution in [0.5, 0.6) is 0 Å². The molecule has 8 nitrogen and oxygen atoms in total. The fraction of sp³-hybridized carbons (Fsp3) is 0.318. The first kappa shape index (κ1) is 19.3. The lowest BCUT2D eigenvalue weighted by Crippen LogP contribution is -2.38. The number of halogens is 1. The molecule has 0 bridgehead atoms. The maximum atomic E-state index is 13.4. The Labute approximate surface area is 177 Å². The average molecular weight is 421 g/mol. The van der Waals surface area contributed by atoms with Crippen LogP contribution in [0.1, 0.15) is 36.8 Å². The quantitative estimate of drug-likeness (QED) is 0.484. The molecule has 5 rings (SSSR count). The van der Waals surface area contributed by atoms with Gasteiger partial charge in [-0.05, 0) is 37.1 Å². The Kier molecular flexibility index (Phi) is 5.15. The van der Waals surface area contributed by atoms with E-state index in [1.165, 1.54) is 12.1 Å². The molecule has 0 radical (unpaired) electrons. The van der Waals surface area contributed by atoms with Crippen LogP contribution in [-0.2, 0) is 11.2 Å². The third kappa shape index (κ3) is 4.03. The van der Waals surface area contributed by atoms with Crippen molar-refractivity contribution in [2.75, 3.05) is 13.1 Å². The van der Waals surface area contributed by atoms with E-state index in [1.54, 1.807) is 18.3 Å². The molecule has 1 amide bonds. The minimum atomic E-state index is -0.344. The molecule has 31 heavy (non-hydrogen) atoms. The van der Waals surface area contributed by atoms with E-state index in [-0.39, 0.29) is 17.6 Å². The van der Waals surface area contributed by atoms with Gasteiger partial charge in [-0.15, -0.1) is 0 Å². The summed E-state index contributed by atoms with van der Waals surface area (Å²) in [6, 6.07) is 9.94. The van der Waals surface area contributed by atoms with Crippen molar-refractivity contribution in [2.24, 2.45) is 0 Å². The standard InChI is InChI=1S/C22H20FN5O3/c23-15-4-5-16-18(13-15)30-26-21(16)14-8-11-28(12-9-14)20(29)7-6-19-25-22(27-31-19)17-3-1-2-10-24-17/h1-5,10,13-14H,6-9,11-12H2. The summed E-state index contributed by atoms with van der Waals surface area (Å²) in [6.45, 7) is 1.28. The van der Waals surface area contributed by atoms with Crippen LogP contribution in [0.3, 0.4) is 0 Å². The topological polar surface area (TPSA) is 98.1 Å². The third-order valence-corrected chi connectivity index (χ3v) is 5.61. The summed E-state index contributed by atoms with van der Waals surface area (Å²) >= 11 is 0. The van der Waals surface area contributed by atoms with Crippen LogP contribution in [-0.4, -0.2) is 44.2 Å². The number of nitrogens with zero attached hydrogens (tertiary/aromatic N) is 5. The number of hydrogen-bond donors (Lipinski definition) is 0. The molecule has 4 heterocycles. The van der Waals surface area contributed by atoms with Crippen LogP contribution in [0.15, 0.2) is 51.6 Å². The minimum Gasteiger partial charge on any atom is -0.356 e. The fourth-order valence-corrected chi connectivity index (χ4v) is 3.96. The highest BCUT2D eigenvalue weighted by Crippen LogP contribution is 2.33. The molecule has 1 aliphatic heterocycles. The number of rotatable bonds is 5. The number of benzene rings is 1. The second-order valence-corrected chi connectivity index (χ2v) is 7.59. The van der Waals surface area contributed by atoms with Crippen molar-refractivity contribution >= 4 is 16.9 Å². The van der Waals surface area contributed by atoms with Gasteiger partial charge >= 0.3 is 0 Å². The number of carbonyl (C=O) groups is 1. The second kappa shape index (κ2) is 8.25. The molecule has 0 atom stereocenters. The predicted molar refractivity (Wildman–Crippen MR) is 108 cm³/mol. The number of likely N-dealkylation sites (tertiary alicyclic amines) is 1.